The fourth-order valence-electron chi connectivity index (χ4n) is 2.19. The van der Waals surface area contributed by atoms with Gasteiger partial charge in [0.1, 0.15) is 0 Å². The van der Waals surface area contributed by atoms with E-state index >= 15 is 0 Å². The number of aliphatic hydroxyl groups is 2. The van der Waals surface area contributed by atoms with Crippen molar-refractivity contribution in [1.82, 2.24) is 0 Å². The van der Waals surface area contributed by atoms with Gasteiger partial charge in [-0.25, -0.2) is 0 Å². The maximum atomic E-state index is 9.69. The number of rotatable bonds is 7. The molecule has 18 heavy (non-hydrogen) atoms. The summed E-state index contributed by atoms with van der Waals surface area (Å²) in [4.78, 5) is 0. The highest BCUT2D eigenvalue weighted by Gasteiger charge is 2.30. The smallest absolute Gasteiger partial charge is 0.0550 e. The molecule has 0 aliphatic carbocycles. The largest absolute Gasteiger partial charge is 0.395 e. The molecular weight excluding hydrogens is 292 g/mol. The Morgan fingerprint density at radius 1 is 1.11 bits per heavy atom. The highest BCUT2D eigenvalue weighted by atomic mass is 79.9. The zero-order valence-electron chi connectivity index (χ0n) is 11.2. The molecule has 2 N–H and O–H groups in total. The third-order valence-electron chi connectivity index (χ3n) is 3.50. The van der Waals surface area contributed by atoms with Crippen LogP contribution in [0.3, 0.4) is 0 Å². The lowest BCUT2D eigenvalue weighted by atomic mass is 9.77. The lowest BCUT2D eigenvalue weighted by Gasteiger charge is -2.31. The molecule has 0 aliphatic rings. The first kappa shape index (κ1) is 15.7. The van der Waals surface area contributed by atoms with Crippen LogP contribution in [0, 0.1) is 5.92 Å². The molecule has 0 heterocycles. The number of hydrogen-bond acceptors (Lipinski definition) is 2. The summed E-state index contributed by atoms with van der Waals surface area (Å²) in [7, 11) is 0. The van der Waals surface area contributed by atoms with Gasteiger partial charge in [0.15, 0.2) is 0 Å². The zero-order chi connectivity index (χ0) is 13.6. The van der Waals surface area contributed by atoms with Crippen molar-refractivity contribution in [3.63, 3.8) is 0 Å². The Morgan fingerprint density at radius 3 is 2.11 bits per heavy atom. The Hall–Kier alpha value is -0.380. The van der Waals surface area contributed by atoms with E-state index in [9.17, 15) is 10.2 Å². The summed E-state index contributed by atoms with van der Waals surface area (Å²) in [6, 6.07) is 7.87. The Labute approximate surface area is 118 Å². The van der Waals surface area contributed by atoms with Crippen LogP contribution in [0.5, 0.6) is 0 Å². The van der Waals surface area contributed by atoms with Gasteiger partial charge in [0.05, 0.1) is 13.2 Å². The van der Waals surface area contributed by atoms with E-state index in [1.54, 1.807) is 0 Å². The van der Waals surface area contributed by atoms with E-state index in [-0.39, 0.29) is 13.2 Å². The lowest BCUT2D eigenvalue weighted by molar-refractivity contribution is 0.106. The molecule has 0 saturated carbocycles. The van der Waals surface area contributed by atoms with Crippen LogP contribution >= 0.6 is 15.9 Å². The summed E-state index contributed by atoms with van der Waals surface area (Å²) >= 11 is 3.40. The van der Waals surface area contributed by atoms with E-state index in [1.807, 2.05) is 24.3 Å². The molecule has 0 atom stereocenters. The number of hydrogen-bond donors (Lipinski definition) is 2. The van der Waals surface area contributed by atoms with Crippen LogP contribution in [0.1, 0.15) is 38.7 Å². The van der Waals surface area contributed by atoms with Crippen molar-refractivity contribution in [3.8, 4) is 0 Å². The predicted molar refractivity (Wildman–Crippen MR) is 78.7 cm³/mol. The average Bonchev–Trinajstić information content (AvgIpc) is 2.36. The van der Waals surface area contributed by atoms with E-state index in [2.05, 4.69) is 29.8 Å². The van der Waals surface area contributed by atoms with Crippen LogP contribution in [0.4, 0.5) is 0 Å². The third kappa shape index (κ3) is 4.08. The molecule has 2 nitrogen and oxygen atoms in total. The monoisotopic (exact) mass is 314 g/mol. The van der Waals surface area contributed by atoms with Gasteiger partial charge in [-0.05, 0) is 30.0 Å². The second-order valence-electron chi connectivity index (χ2n) is 5.39. The Morgan fingerprint density at radius 2 is 1.67 bits per heavy atom. The van der Waals surface area contributed by atoms with E-state index in [1.165, 1.54) is 0 Å². The molecule has 0 aromatic heterocycles. The van der Waals surface area contributed by atoms with Crippen molar-refractivity contribution >= 4 is 15.9 Å². The van der Waals surface area contributed by atoms with Gasteiger partial charge in [-0.2, -0.15) is 0 Å². The molecule has 0 bridgehead atoms. The van der Waals surface area contributed by atoms with Gasteiger partial charge < -0.3 is 10.2 Å². The van der Waals surface area contributed by atoms with E-state index in [0.29, 0.717) is 5.92 Å². The van der Waals surface area contributed by atoms with Crippen molar-refractivity contribution < 1.29 is 10.2 Å². The van der Waals surface area contributed by atoms with Gasteiger partial charge in [-0.3, -0.25) is 0 Å². The van der Waals surface area contributed by atoms with Gasteiger partial charge in [0.2, 0.25) is 0 Å². The standard InChI is InChI=1S/C15H23BrO2/c1-12(2)4-3-9-15(10-17,11-18)13-5-7-14(16)8-6-13/h5-8,12,17-18H,3-4,9-11H2,1-2H3. The highest BCUT2D eigenvalue weighted by molar-refractivity contribution is 9.10. The molecule has 0 spiro atoms. The molecular formula is C15H23BrO2. The molecule has 1 aromatic rings. The van der Waals surface area contributed by atoms with E-state index in [0.717, 1.165) is 29.3 Å². The van der Waals surface area contributed by atoms with Crippen LogP contribution in [-0.2, 0) is 5.41 Å². The molecule has 0 saturated heterocycles. The SMILES string of the molecule is CC(C)CCCC(CO)(CO)c1ccc(Br)cc1. The Kier molecular flexibility index (Phi) is 6.33. The molecule has 0 aliphatic heterocycles. The van der Waals surface area contributed by atoms with E-state index in [4.69, 9.17) is 0 Å². The third-order valence-corrected chi connectivity index (χ3v) is 4.03. The minimum atomic E-state index is -0.504. The summed E-state index contributed by atoms with van der Waals surface area (Å²) in [6.07, 6.45) is 2.97. The first-order valence-corrected chi connectivity index (χ1v) is 7.31. The first-order chi connectivity index (χ1) is 8.54. The molecule has 1 rings (SSSR count). The number of aliphatic hydroxyl groups excluding tert-OH is 2. The number of benzene rings is 1. The van der Waals surface area contributed by atoms with Gasteiger partial charge >= 0.3 is 0 Å². The fraction of sp³-hybridized carbons (Fsp3) is 0.600. The molecule has 0 radical (unpaired) electrons. The first-order valence-electron chi connectivity index (χ1n) is 6.52. The number of halogens is 1. The zero-order valence-corrected chi connectivity index (χ0v) is 12.8. The van der Waals surface area contributed by atoms with Crippen LogP contribution < -0.4 is 0 Å². The summed E-state index contributed by atoms with van der Waals surface area (Å²) in [5.41, 5.74) is 0.509. The van der Waals surface area contributed by atoms with Crippen LogP contribution in [0.2, 0.25) is 0 Å². The highest BCUT2D eigenvalue weighted by Crippen LogP contribution is 2.31. The lowest BCUT2D eigenvalue weighted by Crippen LogP contribution is -2.35. The summed E-state index contributed by atoms with van der Waals surface area (Å²) in [5, 5.41) is 19.4. The maximum Gasteiger partial charge on any atom is 0.0550 e. The predicted octanol–water partition coefficient (Wildman–Crippen LogP) is 3.50. The molecule has 0 unspecified atom stereocenters. The van der Waals surface area contributed by atoms with E-state index < -0.39 is 5.41 Å². The normalized spacial score (nSPS) is 12.1. The summed E-state index contributed by atoms with van der Waals surface area (Å²) in [6.45, 7) is 4.37. The van der Waals surface area contributed by atoms with Crippen LogP contribution in [0.25, 0.3) is 0 Å². The second kappa shape index (κ2) is 7.27. The van der Waals surface area contributed by atoms with Crippen molar-refractivity contribution in [1.29, 1.82) is 0 Å². The van der Waals surface area contributed by atoms with Crippen molar-refractivity contribution in [2.24, 2.45) is 5.92 Å². The van der Waals surface area contributed by atoms with Crippen molar-refractivity contribution in [2.45, 2.75) is 38.5 Å². The van der Waals surface area contributed by atoms with Crippen molar-refractivity contribution in [2.75, 3.05) is 13.2 Å². The van der Waals surface area contributed by atoms with Crippen molar-refractivity contribution in [3.05, 3.63) is 34.3 Å². The molecule has 0 amide bonds. The Bertz CT molecular complexity index is 342. The minimum absolute atomic E-state index is 0.0107. The summed E-state index contributed by atoms with van der Waals surface area (Å²) in [5.74, 6) is 0.657. The average molecular weight is 315 g/mol. The molecule has 0 fully saturated rings. The molecule has 3 heteroatoms. The fourth-order valence-corrected chi connectivity index (χ4v) is 2.45. The Balaban J connectivity index is 2.81. The van der Waals surface area contributed by atoms with Crippen LogP contribution in [0.15, 0.2) is 28.7 Å². The van der Waals surface area contributed by atoms with Gasteiger partial charge in [0.25, 0.3) is 0 Å². The second-order valence-corrected chi connectivity index (χ2v) is 6.31. The van der Waals surface area contributed by atoms with Gasteiger partial charge in [-0.1, -0.05) is 54.8 Å². The minimum Gasteiger partial charge on any atom is -0.395 e. The van der Waals surface area contributed by atoms with Gasteiger partial charge in [0, 0.05) is 9.89 Å². The summed E-state index contributed by atoms with van der Waals surface area (Å²) < 4.78 is 1.01. The quantitative estimate of drug-likeness (QED) is 0.808. The van der Waals surface area contributed by atoms with Gasteiger partial charge in [-0.15, -0.1) is 0 Å². The topological polar surface area (TPSA) is 40.5 Å². The van der Waals surface area contributed by atoms with Crippen LogP contribution in [-0.4, -0.2) is 23.4 Å². The molecule has 102 valence electrons. The molecule has 1 aromatic carbocycles. The maximum absolute atomic E-state index is 9.69.